The summed E-state index contributed by atoms with van der Waals surface area (Å²) in [5.41, 5.74) is -0.235. The van der Waals surface area contributed by atoms with E-state index >= 15 is 0 Å². The minimum absolute atomic E-state index is 0.118. The first kappa shape index (κ1) is 19.7. The average molecular weight is 322 g/mol. The number of phenolic OH excluding ortho intramolecular Hbond substituents is 2. The summed E-state index contributed by atoms with van der Waals surface area (Å²) in [6.45, 7) is 6.58. The van der Waals surface area contributed by atoms with Crippen molar-refractivity contribution < 1.29 is 14.9 Å². The smallest absolute Gasteiger partial charge is 0.200 e. The van der Waals surface area contributed by atoms with Crippen molar-refractivity contribution in [2.45, 2.75) is 90.6 Å². The fraction of sp³-hybridized carbons (Fsp3) is 0.700. The van der Waals surface area contributed by atoms with Crippen LogP contribution in [0, 0.1) is 0 Å². The van der Waals surface area contributed by atoms with Gasteiger partial charge in [-0.15, -0.1) is 0 Å². The minimum atomic E-state index is -0.235. The summed E-state index contributed by atoms with van der Waals surface area (Å²) in [6, 6.07) is 4.94. The van der Waals surface area contributed by atoms with E-state index in [0.717, 1.165) is 38.5 Å². The van der Waals surface area contributed by atoms with Gasteiger partial charge in [0.2, 0.25) is 5.75 Å². The highest BCUT2D eigenvalue weighted by molar-refractivity contribution is 5.49. The number of phenols is 2. The summed E-state index contributed by atoms with van der Waals surface area (Å²) >= 11 is 0. The van der Waals surface area contributed by atoms with Gasteiger partial charge in [-0.2, -0.15) is 0 Å². The van der Waals surface area contributed by atoms with Crippen LogP contribution in [-0.2, 0) is 0 Å². The van der Waals surface area contributed by atoms with Crippen LogP contribution in [0.15, 0.2) is 18.2 Å². The molecule has 0 aromatic heterocycles. The van der Waals surface area contributed by atoms with Gasteiger partial charge in [-0.25, -0.2) is 0 Å². The molecule has 0 fully saturated rings. The second kappa shape index (κ2) is 10.4. The van der Waals surface area contributed by atoms with Crippen molar-refractivity contribution in [3.63, 3.8) is 0 Å². The third kappa shape index (κ3) is 6.32. The van der Waals surface area contributed by atoms with E-state index in [9.17, 15) is 10.2 Å². The third-order valence-electron chi connectivity index (χ3n) is 4.45. The zero-order valence-corrected chi connectivity index (χ0v) is 15.1. The summed E-state index contributed by atoms with van der Waals surface area (Å²) in [6.07, 6.45) is 11.3. The minimum Gasteiger partial charge on any atom is -0.504 e. The van der Waals surface area contributed by atoms with E-state index in [-0.39, 0.29) is 17.1 Å². The number of ether oxygens (including phenoxy) is 1. The molecule has 0 amide bonds. The van der Waals surface area contributed by atoms with Crippen molar-refractivity contribution in [2.75, 3.05) is 0 Å². The maximum atomic E-state index is 10.1. The molecule has 3 heteroatoms. The van der Waals surface area contributed by atoms with Crippen LogP contribution in [0.4, 0.5) is 0 Å². The molecule has 0 heterocycles. The lowest BCUT2D eigenvalue weighted by molar-refractivity contribution is 0.0342. The van der Waals surface area contributed by atoms with Gasteiger partial charge in [-0.1, -0.05) is 65.4 Å². The van der Waals surface area contributed by atoms with Gasteiger partial charge in [0.15, 0.2) is 11.5 Å². The van der Waals surface area contributed by atoms with Crippen molar-refractivity contribution in [1.29, 1.82) is 0 Å². The molecule has 1 aromatic carbocycles. The van der Waals surface area contributed by atoms with Gasteiger partial charge in [0.1, 0.15) is 5.60 Å². The molecule has 23 heavy (non-hydrogen) atoms. The summed E-state index contributed by atoms with van der Waals surface area (Å²) < 4.78 is 6.29. The zero-order valence-electron chi connectivity index (χ0n) is 15.1. The summed E-state index contributed by atoms with van der Waals surface area (Å²) in [5, 5.41) is 19.8. The number of aromatic hydroxyl groups is 2. The first-order valence-corrected chi connectivity index (χ1v) is 9.28. The van der Waals surface area contributed by atoms with Gasteiger partial charge < -0.3 is 14.9 Å². The molecule has 1 rings (SSSR count). The summed E-state index contributed by atoms with van der Waals surface area (Å²) in [7, 11) is 0. The molecule has 0 aliphatic heterocycles. The Hall–Kier alpha value is -1.38. The Morgan fingerprint density at radius 3 is 2.09 bits per heavy atom. The van der Waals surface area contributed by atoms with Crippen LogP contribution in [0.2, 0.25) is 0 Å². The molecular weight excluding hydrogens is 288 g/mol. The molecule has 132 valence electrons. The molecule has 0 saturated carbocycles. The second-order valence-electron chi connectivity index (χ2n) is 6.57. The normalized spacial score (nSPS) is 11.6. The van der Waals surface area contributed by atoms with Crippen LogP contribution in [0.1, 0.15) is 85.0 Å². The van der Waals surface area contributed by atoms with Gasteiger partial charge in [0.25, 0.3) is 0 Å². The lowest BCUT2D eigenvalue weighted by atomic mass is 9.86. The third-order valence-corrected chi connectivity index (χ3v) is 4.45. The Morgan fingerprint density at radius 1 is 0.826 bits per heavy atom. The van der Waals surface area contributed by atoms with E-state index in [0.29, 0.717) is 5.75 Å². The fourth-order valence-electron chi connectivity index (χ4n) is 3.32. The van der Waals surface area contributed by atoms with Crippen LogP contribution in [0.25, 0.3) is 0 Å². The van der Waals surface area contributed by atoms with E-state index in [4.69, 9.17) is 4.74 Å². The van der Waals surface area contributed by atoms with Crippen LogP contribution in [0.3, 0.4) is 0 Å². The van der Waals surface area contributed by atoms with E-state index in [1.165, 1.54) is 31.7 Å². The first-order chi connectivity index (χ1) is 11.1. The number of para-hydroxylation sites is 1. The molecule has 1 aromatic rings. The monoisotopic (exact) mass is 322 g/mol. The zero-order chi connectivity index (χ0) is 17.1. The standard InChI is InChI=1S/C20H34O3/c1-4-7-8-9-10-16-20(14-5-2,15-6-3)23-18-13-11-12-17(21)19(18)22/h11-13,21-22H,4-10,14-16H2,1-3H3. The van der Waals surface area contributed by atoms with Crippen LogP contribution >= 0.6 is 0 Å². The van der Waals surface area contributed by atoms with Crippen molar-refractivity contribution >= 4 is 0 Å². The highest BCUT2D eigenvalue weighted by Crippen LogP contribution is 2.40. The Bertz CT molecular complexity index is 437. The maximum Gasteiger partial charge on any atom is 0.200 e. The molecule has 0 radical (unpaired) electrons. The van der Waals surface area contributed by atoms with E-state index in [1.54, 1.807) is 12.1 Å². The van der Waals surface area contributed by atoms with E-state index in [1.807, 2.05) is 0 Å². The lowest BCUT2D eigenvalue weighted by Gasteiger charge is -2.35. The molecular formula is C20H34O3. The van der Waals surface area contributed by atoms with Gasteiger partial charge in [-0.05, 0) is 37.8 Å². The van der Waals surface area contributed by atoms with Gasteiger partial charge in [0, 0.05) is 0 Å². The average Bonchev–Trinajstić information content (AvgIpc) is 2.52. The summed E-state index contributed by atoms with van der Waals surface area (Å²) in [5.74, 6) is 0.142. The van der Waals surface area contributed by atoms with E-state index in [2.05, 4.69) is 20.8 Å². The molecule has 2 N–H and O–H groups in total. The highest BCUT2D eigenvalue weighted by atomic mass is 16.5. The largest absolute Gasteiger partial charge is 0.504 e. The molecule has 0 bridgehead atoms. The predicted molar refractivity (Wildman–Crippen MR) is 96.3 cm³/mol. The molecule has 3 nitrogen and oxygen atoms in total. The summed E-state index contributed by atoms with van der Waals surface area (Å²) in [4.78, 5) is 0. The van der Waals surface area contributed by atoms with Gasteiger partial charge in [-0.3, -0.25) is 0 Å². The van der Waals surface area contributed by atoms with Gasteiger partial charge >= 0.3 is 0 Å². The number of unbranched alkanes of at least 4 members (excludes halogenated alkanes) is 4. The molecule has 0 aliphatic rings. The van der Waals surface area contributed by atoms with Gasteiger partial charge in [0.05, 0.1) is 0 Å². The van der Waals surface area contributed by atoms with Crippen molar-refractivity contribution in [3.8, 4) is 17.2 Å². The Kier molecular flexibility index (Phi) is 8.90. The SMILES string of the molecule is CCCCCCCC(CCC)(CCC)Oc1cccc(O)c1O. The Morgan fingerprint density at radius 2 is 1.48 bits per heavy atom. The molecule has 0 spiro atoms. The quantitative estimate of drug-likeness (QED) is 0.357. The number of hydrogen-bond donors (Lipinski definition) is 2. The molecule has 0 atom stereocenters. The lowest BCUT2D eigenvalue weighted by Crippen LogP contribution is -2.36. The van der Waals surface area contributed by atoms with Crippen molar-refractivity contribution in [2.24, 2.45) is 0 Å². The maximum absolute atomic E-state index is 10.1. The Labute approximate surface area is 141 Å². The highest BCUT2D eigenvalue weighted by Gasteiger charge is 2.31. The van der Waals surface area contributed by atoms with Crippen LogP contribution in [-0.4, -0.2) is 15.8 Å². The first-order valence-electron chi connectivity index (χ1n) is 9.28. The van der Waals surface area contributed by atoms with Crippen LogP contribution < -0.4 is 4.74 Å². The predicted octanol–water partition coefficient (Wildman–Crippen LogP) is 6.18. The molecule has 0 aliphatic carbocycles. The molecule has 0 saturated heterocycles. The van der Waals surface area contributed by atoms with Crippen molar-refractivity contribution in [1.82, 2.24) is 0 Å². The fourth-order valence-corrected chi connectivity index (χ4v) is 3.32. The van der Waals surface area contributed by atoms with E-state index < -0.39 is 0 Å². The number of rotatable bonds is 12. The number of benzene rings is 1. The van der Waals surface area contributed by atoms with Crippen molar-refractivity contribution in [3.05, 3.63) is 18.2 Å². The molecule has 0 unspecified atom stereocenters. The number of hydrogen-bond acceptors (Lipinski definition) is 3. The van der Waals surface area contributed by atoms with Crippen LogP contribution in [0.5, 0.6) is 17.2 Å². The topological polar surface area (TPSA) is 49.7 Å². The second-order valence-corrected chi connectivity index (χ2v) is 6.57. The Balaban J connectivity index is 2.82.